The van der Waals surface area contributed by atoms with Gasteiger partial charge in [0.2, 0.25) is 11.8 Å². The first-order valence-corrected chi connectivity index (χ1v) is 10.1. The lowest BCUT2D eigenvalue weighted by Gasteiger charge is -2.36. The number of carbonyl (C=O) groups excluding carboxylic acids is 2. The van der Waals surface area contributed by atoms with Gasteiger partial charge in [0.1, 0.15) is 18.0 Å². The minimum atomic E-state index is -0.359. The van der Waals surface area contributed by atoms with Gasteiger partial charge in [0.15, 0.2) is 0 Å². The lowest BCUT2D eigenvalue weighted by atomic mass is 10.2. The van der Waals surface area contributed by atoms with Gasteiger partial charge in [-0.1, -0.05) is 6.92 Å². The van der Waals surface area contributed by atoms with E-state index in [0.29, 0.717) is 18.8 Å². The van der Waals surface area contributed by atoms with Crippen LogP contribution in [0.25, 0.3) is 0 Å². The Morgan fingerprint density at radius 2 is 1.70 bits per heavy atom. The van der Waals surface area contributed by atoms with Crippen LogP contribution in [0.4, 0.5) is 11.4 Å². The third-order valence-corrected chi connectivity index (χ3v) is 5.35. The number of benzene rings is 1. The number of pyridine rings is 1. The van der Waals surface area contributed by atoms with Gasteiger partial charge in [-0.25, -0.2) is 0 Å². The molecule has 8 nitrogen and oxygen atoms in total. The van der Waals surface area contributed by atoms with Crippen LogP contribution in [0.1, 0.15) is 19.0 Å². The molecule has 1 aromatic carbocycles. The molecule has 2 heterocycles. The number of amides is 2. The first kappa shape index (κ1) is 21.4. The molecule has 30 heavy (non-hydrogen) atoms. The number of hydrogen-bond donors (Lipinski definition) is 1. The quantitative estimate of drug-likeness (QED) is 0.783. The van der Waals surface area contributed by atoms with Crippen molar-refractivity contribution in [1.29, 1.82) is 0 Å². The van der Waals surface area contributed by atoms with E-state index < -0.39 is 0 Å². The number of hydrogen-bond acceptors (Lipinski definition) is 5. The zero-order chi connectivity index (χ0) is 21.7. The zero-order valence-electron chi connectivity index (χ0n) is 17.7. The predicted molar refractivity (Wildman–Crippen MR) is 116 cm³/mol. The molecule has 1 saturated heterocycles. The van der Waals surface area contributed by atoms with Gasteiger partial charge in [-0.3, -0.25) is 14.4 Å². The van der Waals surface area contributed by atoms with E-state index >= 15 is 0 Å². The van der Waals surface area contributed by atoms with Gasteiger partial charge in [-0.15, -0.1) is 0 Å². The van der Waals surface area contributed by atoms with Crippen LogP contribution in [0.2, 0.25) is 0 Å². The summed E-state index contributed by atoms with van der Waals surface area (Å²) in [5.74, 6) is 0.475. The molecule has 1 N–H and O–H groups in total. The summed E-state index contributed by atoms with van der Waals surface area (Å²) >= 11 is 0. The summed E-state index contributed by atoms with van der Waals surface area (Å²) in [5, 5.41) is 2.60. The second kappa shape index (κ2) is 9.47. The van der Waals surface area contributed by atoms with E-state index in [-0.39, 0.29) is 36.0 Å². The number of ether oxygens (including phenoxy) is 1. The van der Waals surface area contributed by atoms with E-state index in [4.69, 9.17) is 4.74 Å². The first-order chi connectivity index (χ1) is 14.4. The summed E-state index contributed by atoms with van der Waals surface area (Å²) in [6, 6.07) is 11.2. The lowest BCUT2D eigenvalue weighted by molar-refractivity contribution is -0.132. The summed E-state index contributed by atoms with van der Waals surface area (Å²) in [6.07, 6.45) is 0.282. The largest absolute Gasteiger partial charge is 0.497 e. The van der Waals surface area contributed by atoms with E-state index in [2.05, 4.69) is 10.2 Å². The molecule has 8 heteroatoms. The smallest absolute Gasteiger partial charge is 0.274 e. The Hall–Kier alpha value is -3.29. The van der Waals surface area contributed by atoms with E-state index in [1.165, 1.54) is 4.57 Å². The molecule has 2 aromatic rings. The normalized spacial score (nSPS) is 13.8. The van der Waals surface area contributed by atoms with Crippen LogP contribution in [-0.2, 0) is 16.1 Å². The van der Waals surface area contributed by atoms with E-state index in [1.54, 1.807) is 38.0 Å². The summed E-state index contributed by atoms with van der Waals surface area (Å²) in [6.45, 7) is 6.08. The highest BCUT2D eigenvalue weighted by atomic mass is 16.5. The molecule has 0 spiro atoms. The van der Waals surface area contributed by atoms with Crippen molar-refractivity contribution >= 4 is 23.2 Å². The first-order valence-electron chi connectivity index (χ1n) is 10.1. The van der Waals surface area contributed by atoms with Crippen LogP contribution < -0.4 is 20.5 Å². The summed E-state index contributed by atoms with van der Waals surface area (Å²) in [4.78, 5) is 41.2. The van der Waals surface area contributed by atoms with Gasteiger partial charge in [0, 0.05) is 44.0 Å². The van der Waals surface area contributed by atoms with Gasteiger partial charge in [-0.2, -0.15) is 0 Å². The fraction of sp³-hybridized carbons (Fsp3) is 0.409. The third kappa shape index (κ3) is 4.82. The SMILES string of the molecule is CCC(=O)Nc1ccc(C)n(CC(=O)N2CCN(c3ccc(OC)cc3)CC2)c1=O. The average molecular weight is 412 g/mol. The zero-order valence-corrected chi connectivity index (χ0v) is 17.7. The molecule has 0 saturated carbocycles. The lowest BCUT2D eigenvalue weighted by Crippen LogP contribution is -2.50. The maximum atomic E-state index is 12.8. The van der Waals surface area contributed by atoms with Crippen LogP contribution in [-0.4, -0.2) is 54.6 Å². The highest BCUT2D eigenvalue weighted by Gasteiger charge is 2.22. The van der Waals surface area contributed by atoms with Gasteiger partial charge in [-0.05, 0) is 43.3 Å². The Kier molecular flexibility index (Phi) is 6.76. The molecule has 1 aromatic heterocycles. The van der Waals surface area contributed by atoms with Crippen LogP contribution in [0.15, 0.2) is 41.2 Å². The van der Waals surface area contributed by atoms with Crippen molar-refractivity contribution in [2.45, 2.75) is 26.8 Å². The summed E-state index contributed by atoms with van der Waals surface area (Å²) in [7, 11) is 1.64. The molecular weight excluding hydrogens is 384 g/mol. The molecule has 2 amide bonds. The Morgan fingerprint density at radius 3 is 2.30 bits per heavy atom. The highest BCUT2D eigenvalue weighted by Crippen LogP contribution is 2.20. The predicted octanol–water partition coefficient (Wildman–Crippen LogP) is 1.86. The molecule has 0 bridgehead atoms. The Balaban J connectivity index is 1.64. The Labute approximate surface area is 176 Å². The van der Waals surface area contributed by atoms with Crippen molar-refractivity contribution in [3.63, 3.8) is 0 Å². The van der Waals surface area contributed by atoms with Crippen molar-refractivity contribution in [3.8, 4) is 5.75 Å². The van der Waals surface area contributed by atoms with Gasteiger partial charge in [0.25, 0.3) is 5.56 Å². The minimum absolute atomic E-state index is 0.0387. The third-order valence-electron chi connectivity index (χ3n) is 5.35. The van der Waals surface area contributed by atoms with Crippen LogP contribution in [0.5, 0.6) is 5.75 Å². The molecule has 0 radical (unpaired) electrons. The van der Waals surface area contributed by atoms with Gasteiger partial charge >= 0.3 is 0 Å². The van der Waals surface area contributed by atoms with Crippen molar-refractivity contribution in [3.05, 3.63) is 52.4 Å². The number of aromatic nitrogens is 1. The van der Waals surface area contributed by atoms with Gasteiger partial charge < -0.3 is 24.4 Å². The van der Waals surface area contributed by atoms with E-state index in [0.717, 1.165) is 24.5 Å². The standard InChI is InChI=1S/C22H28N4O4/c1-4-20(27)23-19-10-5-16(2)26(22(19)29)15-21(28)25-13-11-24(12-14-25)17-6-8-18(30-3)9-7-17/h5-10H,4,11-15H2,1-3H3,(H,23,27). The maximum Gasteiger partial charge on any atom is 0.274 e. The van der Waals surface area contributed by atoms with Crippen molar-refractivity contribution in [2.24, 2.45) is 0 Å². The molecule has 1 aliphatic rings. The van der Waals surface area contributed by atoms with E-state index in [9.17, 15) is 14.4 Å². The summed E-state index contributed by atoms with van der Waals surface area (Å²) < 4.78 is 6.61. The number of anilines is 2. The van der Waals surface area contributed by atoms with Crippen molar-refractivity contribution in [2.75, 3.05) is 43.5 Å². The fourth-order valence-electron chi connectivity index (χ4n) is 3.44. The molecule has 0 unspecified atom stereocenters. The van der Waals surface area contributed by atoms with Crippen molar-refractivity contribution < 1.29 is 14.3 Å². The molecule has 0 atom stereocenters. The molecule has 0 aliphatic carbocycles. The average Bonchev–Trinajstić information content (AvgIpc) is 2.78. The second-order valence-electron chi connectivity index (χ2n) is 7.25. The second-order valence-corrected chi connectivity index (χ2v) is 7.25. The molecule has 3 rings (SSSR count). The number of piperazine rings is 1. The van der Waals surface area contributed by atoms with Crippen LogP contribution in [0.3, 0.4) is 0 Å². The van der Waals surface area contributed by atoms with E-state index in [1.807, 2.05) is 24.3 Å². The maximum absolute atomic E-state index is 12.8. The topological polar surface area (TPSA) is 83.9 Å². The van der Waals surface area contributed by atoms with Crippen molar-refractivity contribution in [1.82, 2.24) is 9.47 Å². The number of rotatable bonds is 6. The molecular formula is C22H28N4O4. The van der Waals surface area contributed by atoms with Crippen LogP contribution in [0, 0.1) is 6.92 Å². The Bertz CT molecular complexity index is 960. The number of methoxy groups -OCH3 is 1. The summed E-state index contributed by atoms with van der Waals surface area (Å²) in [5.41, 5.74) is 1.61. The number of nitrogens with zero attached hydrogens (tertiary/aromatic N) is 3. The van der Waals surface area contributed by atoms with Crippen LogP contribution >= 0.6 is 0 Å². The monoisotopic (exact) mass is 412 g/mol. The number of carbonyl (C=O) groups is 2. The molecule has 1 fully saturated rings. The highest BCUT2D eigenvalue weighted by molar-refractivity contribution is 5.90. The van der Waals surface area contributed by atoms with Gasteiger partial charge in [0.05, 0.1) is 7.11 Å². The molecule has 160 valence electrons. The minimum Gasteiger partial charge on any atom is -0.497 e. The number of nitrogens with one attached hydrogen (secondary N) is 1. The fourth-order valence-corrected chi connectivity index (χ4v) is 3.44. The Morgan fingerprint density at radius 1 is 1.03 bits per heavy atom. The molecule has 1 aliphatic heterocycles. The number of aryl methyl sites for hydroxylation is 1.